The minimum absolute atomic E-state index is 0.0796. The van der Waals surface area contributed by atoms with Gasteiger partial charge >= 0.3 is 0 Å². The SMILES string of the molecule is CCCN(CCC)C(=O)COc1ccc(CO)cc1OCC(=O)N(CCC)CCC. The van der Waals surface area contributed by atoms with Gasteiger partial charge in [0.05, 0.1) is 6.61 Å². The smallest absolute Gasteiger partial charge is 0.260 e. The molecule has 0 aliphatic heterocycles. The summed E-state index contributed by atoms with van der Waals surface area (Å²) in [4.78, 5) is 28.6. The maximum Gasteiger partial charge on any atom is 0.260 e. The van der Waals surface area contributed by atoms with Gasteiger partial charge in [-0.15, -0.1) is 0 Å². The number of nitrogens with zero attached hydrogens (tertiary/aromatic N) is 2. The minimum Gasteiger partial charge on any atom is -0.480 e. The van der Waals surface area contributed by atoms with Crippen molar-refractivity contribution in [2.75, 3.05) is 39.4 Å². The summed E-state index contributed by atoms with van der Waals surface area (Å²) in [5, 5.41) is 9.44. The summed E-state index contributed by atoms with van der Waals surface area (Å²) in [7, 11) is 0. The van der Waals surface area contributed by atoms with E-state index in [4.69, 9.17) is 9.47 Å². The fraction of sp³-hybridized carbons (Fsp3) is 0.652. The molecule has 0 bridgehead atoms. The van der Waals surface area contributed by atoms with Crippen LogP contribution in [0.4, 0.5) is 0 Å². The third kappa shape index (κ3) is 8.61. The molecule has 30 heavy (non-hydrogen) atoms. The quantitative estimate of drug-likeness (QED) is 0.469. The Morgan fingerprint density at radius 1 is 0.767 bits per heavy atom. The molecule has 0 radical (unpaired) electrons. The van der Waals surface area contributed by atoms with Gasteiger partial charge in [0.2, 0.25) is 0 Å². The summed E-state index contributed by atoms with van der Waals surface area (Å²) >= 11 is 0. The van der Waals surface area contributed by atoms with Crippen molar-refractivity contribution >= 4 is 11.8 Å². The number of benzene rings is 1. The van der Waals surface area contributed by atoms with Gasteiger partial charge in [-0.3, -0.25) is 9.59 Å². The molecular weight excluding hydrogens is 384 g/mol. The van der Waals surface area contributed by atoms with Gasteiger partial charge in [-0.1, -0.05) is 33.8 Å². The zero-order valence-corrected chi connectivity index (χ0v) is 19.0. The van der Waals surface area contributed by atoms with E-state index in [2.05, 4.69) is 0 Å². The van der Waals surface area contributed by atoms with Crippen LogP contribution in [-0.2, 0) is 16.2 Å². The van der Waals surface area contributed by atoms with E-state index in [0.717, 1.165) is 25.7 Å². The van der Waals surface area contributed by atoms with Crippen LogP contribution in [0.5, 0.6) is 11.5 Å². The van der Waals surface area contributed by atoms with E-state index in [-0.39, 0.29) is 31.6 Å². The second kappa shape index (κ2) is 14.7. The molecule has 170 valence electrons. The Bertz CT molecular complexity index is 638. The molecule has 1 rings (SSSR count). The molecular formula is C23H38N2O5. The lowest BCUT2D eigenvalue weighted by Crippen LogP contribution is -2.36. The Kier molecular flexibility index (Phi) is 12.6. The summed E-state index contributed by atoms with van der Waals surface area (Å²) < 4.78 is 11.5. The van der Waals surface area contributed by atoms with Gasteiger partial charge < -0.3 is 24.4 Å². The first kappa shape index (κ1) is 25.8. The fourth-order valence-corrected chi connectivity index (χ4v) is 3.15. The molecule has 0 aliphatic rings. The number of amides is 2. The Hall–Kier alpha value is -2.28. The zero-order chi connectivity index (χ0) is 22.4. The Morgan fingerprint density at radius 2 is 1.20 bits per heavy atom. The number of rotatable bonds is 15. The Labute approximate surface area is 180 Å². The van der Waals surface area contributed by atoms with Crippen LogP contribution in [0.25, 0.3) is 0 Å². The molecule has 1 aromatic carbocycles. The van der Waals surface area contributed by atoms with Crippen LogP contribution < -0.4 is 9.47 Å². The summed E-state index contributed by atoms with van der Waals surface area (Å²) in [5.41, 5.74) is 0.647. The number of hydrogen-bond donors (Lipinski definition) is 1. The highest BCUT2D eigenvalue weighted by Crippen LogP contribution is 2.29. The third-order valence-corrected chi connectivity index (χ3v) is 4.57. The van der Waals surface area contributed by atoms with Gasteiger partial charge in [0.15, 0.2) is 24.7 Å². The minimum atomic E-state index is -0.151. The molecule has 0 unspecified atom stereocenters. The van der Waals surface area contributed by atoms with Crippen molar-refractivity contribution in [3.63, 3.8) is 0 Å². The van der Waals surface area contributed by atoms with Crippen molar-refractivity contribution < 1.29 is 24.2 Å². The van der Waals surface area contributed by atoms with Crippen LogP contribution in [0.1, 0.15) is 58.9 Å². The summed E-state index contributed by atoms with van der Waals surface area (Å²) in [6.45, 7) is 10.5. The van der Waals surface area contributed by atoms with Gasteiger partial charge in [-0.25, -0.2) is 0 Å². The van der Waals surface area contributed by atoms with E-state index in [9.17, 15) is 14.7 Å². The molecule has 2 amide bonds. The van der Waals surface area contributed by atoms with Crippen LogP contribution in [0, 0.1) is 0 Å². The second-order valence-corrected chi connectivity index (χ2v) is 7.28. The van der Waals surface area contributed by atoms with Crippen LogP contribution in [0.3, 0.4) is 0 Å². The predicted molar refractivity (Wildman–Crippen MR) is 118 cm³/mol. The first-order valence-electron chi connectivity index (χ1n) is 11.0. The molecule has 0 aliphatic carbocycles. The van der Waals surface area contributed by atoms with Gasteiger partial charge in [0, 0.05) is 26.2 Å². The van der Waals surface area contributed by atoms with Crippen molar-refractivity contribution in [2.45, 2.75) is 60.0 Å². The molecule has 1 aromatic rings. The van der Waals surface area contributed by atoms with Crippen molar-refractivity contribution in [3.05, 3.63) is 23.8 Å². The molecule has 0 heterocycles. The first-order chi connectivity index (χ1) is 14.5. The standard InChI is InChI=1S/C23H38N2O5/c1-5-11-24(12-6-2)22(27)17-29-20-10-9-19(16-26)15-21(20)30-18-23(28)25(13-7-3)14-8-4/h9-10,15,26H,5-8,11-14,16-18H2,1-4H3. The van der Waals surface area contributed by atoms with Gasteiger partial charge in [0.25, 0.3) is 11.8 Å². The number of hydrogen-bond acceptors (Lipinski definition) is 5. The normalized spacial score (nSPS) is 10.6. The summed E-state index contributed by atoms with van der Waals surface area (Å²) in [6.07, 6.45) is 3.54. The molecule has 0 saturated carbocycles. The highest BCUT2D eigenvalue weighted by Gasteiger charge is 2.17. The first-order valence-corrected chi connectivity index (χ1v) is 11.0. The molecule has 0 fully saturated rings. The molecule has 7 heteroatoms. The van der Waals surface area contributed by atoms with Gasteiger partial charge in [-0.05, 0) is 43.4 Å². The fourth-order valence-electron chi connectivity index (χ4n) is 3.15. The van der Waals surface area contributed by atoms with Crippen LogP contribution in [-0.4, -0.2) is 66.1 Å². The third-order valence-electron chi connectivity index (χ3n) is 4.57. The monoisotopic (exact) mass is 422 g/mol. The predicted octanol–water partition coefficient (Wildman–Crippen LogP) is 3.23. The molecule has 0 saturated heterocycles. The van der Waals surface area contributed by atoms with Crippen LogP contribution >= 0.6 is 0 Å². The lowest BCUT2D eigenvalue weighted by atomic mass is 10.2. The average molecular weight is 423 g/mol. The number of aliphatic hydroxyl groups is 1. The van der Waals surface area contributed by atoms with Crippen molar-refractivity contribution in [1.29, 1.82) is 0 Å². The maximum atomic E-state index is 12.5. The molecule has 1 N–H and O–H groups in total. The number of carbonyl (C=O) groups excluding carboxylic acids is 2. The van der Waals surface area contributed by atoms with Crippen LogP contribution in [0.2, 0.25) is 0 Å². The van der Waals surface area contributed by atoms with E-state index in [1.54, 1.807) is 28.0 Å². The van der Waals surface area contributed by atoms with E-state index >= 15 is 0 Å². The lowest BCUT2D eigenvalue weighted by Gasteiger charge is -2.23. The topological polar surface area (TPSA) is 79.3 Å². The Morgan fingerprint density at radius 3 is 1.60 bits per heavy atom. The van der Waals surface area contributed by atoms with Crippen molar-refractivity contribution in [2.24, 2.45) is 0 Å². The number of carbonyl (C=O) groups is 2. The van der Waals surface area contributed by atoms with Gasteiger partial charge in [-0.2, -0.15) is 0 Å². The molecule has 7 nitrogen and oxygen atoms in total. The van der Waals surface area contributed by atoms with E-state index in [1.165, 1.54) is 0 Å². The summed E-state index contributed by atoms with van der Waals surface area (Å²) in [6, 6.07) is 5.02. The summed E-state index contributed by atoms with van der Waals surface area (Å²) in [5.74, 6) is 0.572. The van der Waals surface area contributed by atoms with Crippen LogP contribution in [0.15, 0.2) is 18.2 Å². The van der Waals surface area contributed by atoms with E-state index in [0.29, 0.717) is 43.2 Å². The van der Waals surface area contributed by atoms with E-state index < -0.39 is 0 Å². The highest BCUT2D eigenvalue weighted by atomic mass is 16.5. The second-order valence-electron chi connectivity index (χ2n) is 7.28. The Balaban J connectivity index is 2.83. The van der Waals surface area contributed by atoms with Gasteiger partial charge in [0.1, 0.15) is 0 Å². The molecule has 0 atom stereocenters. The maximum absolute atomic E-state index is 12.5. The average Bonchev–Trinajstić information content (AvgIpc) is 2.75. The number of ether oxygens (including phenoxy) is 2. The van der Waals surface area contributed by atoms with E-state index in [1.807, 2.05) is 27.7 Å². The molecule has 0 spiro atoms. The zero-order valence-electron chi connectivity index (χ0n) is 19.0. The number of aliphatic hydroxyl groups excluding tert-OH is 1. The van der Waals surface area contributed by atoms with Crippen molar-refractivity contribution in [1.82, 2.24) is 9.80 Å². The highest BCUT2D eigenvalue weighted by molar-refractivity contribution is 5.78. The largest absolute Gasteiger partial charge is 0.480 e. The van der Waals surface area contributed by atoms with Crippen molar-refractivity contribution in [3.8, 4) is 11.5 Å². The molecule has 0 aromatic heterocycles. The lowest BCUT2D eigenvalue weighted by molar-refractivity contribution is -0.134.